The monoisotopic (exact) mass is 995 g/mol. The number of aromatic nitrogens is 4. The number of aromatic amines is 1. The van der Waals surface area contributed by atoms with Gasteiger partial charge < -0.3 is 53.2 Å². The standard InChI is InChI=1S/C39H48F3N13O13S/c1-15(28(57)46-16(2)29(58)47-17(3)30(59)48-18(4)31(60)49-19(5)32(61)52-24(14-69)36(66)67)45-25(56)11-10-23(35(64)65)51-33(62)20-6-8-22(9-7-20)55(37(68)39(40,41)42)13-21-12-44-27-26(50-21)34(63)54-38(43)53-27/h6-9,12,15-19,23-24,69H,10-11,13-14H2,1-5H3,(H,45,56)(H,46,57)(H,47,58)(H,48,59)(H,49,60)(H,51,62)(H,52,61)(H,64,65)(H,66,67)(H3,43,44,53,54,63). The van der Waals surface area contributed by atoms with Crippen LogP contribution in [-0.4, -0.2) is 144 Å². The number of thiol groups is 1. The predicted molar refractivity (Wildman–Crippen MR) is 236 cm³/mol. The fourth-order valence-corrected chi connectivity index (χ4v) is 5.93. The normalized spacial score (nSPS) is 14.2. The molecule has 3 rings (SSSR count). The molecule has 3 aromatic rings. The molecule has 0 spiro atoms. The molecule has 69 heavy (non-hydrogen) atoms. The van der Waals surface area contributed by atoms with E-state index < -0.39 is 133 Å². The SMILES string of the molecule is CC(NC(=O)CCC(NC(=O)c1ccc(N(Cc2cnc3nc(N)[nH]c(=O)c3n2)C(=O)C(F)(F)F)cc1)C(=O)O)C(=O)NC(C)C(=O)NC(C)C(=O)NC(C)C(=O)NC(C)C(=O)NC(CS)C(=O)O. The van der Waals surface area contributed by atoms with E-state index in [1.165, 1.54) is 34.6 Å². The smallest absolute Gasteiger partial charge is 0.471 e. The second-order valence-corrected chi connectivity index (χ2v) is 15.5. The summed E-state index contributed by atoms with van der Waals surface area (Å²) in [5.41, 5.74) is 3.15. The summed E-state index contributed by atoms with van der Waals surface area (Å²) in [6.45, 7) is 5.48. The molecule has 0 aliphatic carbocycles. The number of alkyl halides is 3. The number of nitrogens with two attached hydrogens (primary N) is 1. The average Bonchev–Trinajstić information content (AvgIpc) is 3.27. The van der Waals surface area contributed by atoms with E-state index in [4.69, 9.17) is 10.8 Å². The number of nitrogens with zero attached hydrogens (tertiary/aromatic N) is 4. The van der Waals surface area contributed by atoms with Gasteiger partial charge in [0.25, 0.3) is 11.5 Å². The molecule has 1 aromatic carbocycles. The number of H-pyrrole nitrogens is 1. The topological polar surface area (TPSA) is 396 Å². The first-order valence-electron chi connectivity index (χ1n) is 20.3. The highest BCUT2D eigenvalue weighted by molar-refractivity contribution is 7.80. The van der Waals surface area contributed by atoms with Crippen molar-refractivity contribution in [1.82, 2.24) is 57.2 Å². The summed E-state index contributed by atoms with van der Waals surface area (Å²) >= 11 is 3.84. The molecule has 8 amide bonds. The Morgan fingerprint density at radius 2 is 1.17 bits per heavy atom. The van der Waals surface area contributed by atoms with Crippen molar-refractivity contribution in [3.05, 3.63) is 52.1 Å². The first kappa shape index (κ1) is 55.4. The predicted octanol–water partition coefficient (Wildman–Crippen LogP) is -2.62. The number of carboxylic acids is 2. The number of aliphatic carboxylic acids is 2. The molecule has 7 unspecified atom stereocenters. The van der Waals surface area contributed by atoms with Gasteiger partial charge in [-0.25, -0.2) is 19.6 Å². The van der Waals surface area contributed by atoms with Crippen molar-refractivity contribution >= 4 is 94.6 Å². The van der Waals surface area contributed by atoms with Gasteiger partial charge in [-0.2, -0.15) is 30.8 Å². The van der Waals surface area contributed by atoms with Gasteiger partial charge in [-0.15, -0.1) is 0 Å². The Hall–Kier alpha value is -7.92. The number of nitrogen functional groups attached to an aromatic ring is 1. The molecule has 0 aliphatic heterocycles. The number of carbonyl (C=O) groups excluding carboxylic acids is 8. The van der Waals surface area contributed by atoms with Gasteiger partial charge in [-0.3, -0.25) is 53.0 Å². The second-order valence-electron chi connectivity index (χ2n) is 15.1. The minimum absolute atomic E-state index is 0.211. The van der Waals surface area contributed by atoms with Gasteiger partial charge in [-0.05, 0) is 65.3 Å². The van der Waals surface area contributed by atoms with Crippen LogP contribution in [0.2, 0.25) is 0 Å². The van der Waals surface area contributed by atoms with E-state index in [0.29, 0.717) is 0 Å². The quantitative estimate of drug-likeness (QED) is 0.0458. The molecule has 0 radical (unpaired) electrons. The zero-order valence-corrected chi connectivity index (χ0v) is 38.0. The van der Waals surface area contributed by atoms with Gasteiger partial charge in [-0.1, -0.05) is 0 Å². The molecule has 7 atom stereocenters. The van der Waals surface area contributed by atoms with Gasteiger partial charge in [0.15, 0.2) is 11.2 Å². The van der Waals surface area contributed by atoms with Crippen LogP contribution in [0, 0.1) is 0 Å². The summed E-state index contributed by atoms with van der Waals surface area (Å²) in [7, 11) is 0. The van der Waals surface area contributed by atoms with Crippen LogP contribution in [0.5, 0.6) is 0 Å². The largest absolute Gasteiger partial charge is 0.480 e. The maximum Gasteiger partial charge on any atom is 0.471 e. The van der Waals surface area contributed by atoms with Crippen LogP contribution in [-0.2, 0) is 49.7 Å². The van der Waals surface area contributed by atoms with E-state index in [-0.39, 0.29) is 44.7 Å². The zero-order chi connectivity index (χ0) is 52.1. The highest BCUT2D eigenvalue weighted by atomic mass is 32.1. The van der Waals surface area contributed by atoms with Crippen LogP contribution in [0.15, 0.2) is 35.3 Å². The van der Waals surface area contributed by atoms with E-state index in [2.05, 4.69) is 69.8 Å². The molecule has 0 fully saturated rings. The average molecular weight is 996 g/mol. The number of benzene rings is 1. The van der Waals surface area contributed by atoms with Gasteiger partial charge in [0.2, 0.25) is 41.4 Å². The van der Waals surface area contributed by atoms with E-state index in [1.54, 1.807) is 0 Å². The third-order valence-electron chi connectivity index (χ3n) is 9.57. The fourth-order valence-electron chi connectivity index (χ4n) is 5.69. The third-order valence-corrected chi connectivity index (χ3v) is 9.94. The second kappa shape index (κ2) is 24.2. The van der Waals surface area contributed by atoms with E-state index in [9.17, 15) is 71.0 Å². The highest BCUT2D eigenvalue weighted by Gasteiger charge is 2.43. The Morgan fingerprint density at radius 1 is 0.710 bits per heavy atom. The maximum absolute atomic E-state index is 13.6. The molecular weight excluding hydrogens is 948 g/mol. The molecular formula is C39H48F3N13O13S. The molecule has 0 bridgehead atoms. The van der Waals surface area contributed by atoms with Gasteiger partial charge >= 0.3 is 24.0 Å². The van der Waals surface area contributed by atoms with Crippen LogP contribution in [0.25, 0.3) is 11.2 Å². The molecule has 30 heteroatoms. The molecule has 374 valence electrons. The lowest BCUT2D eigenvalue weighted by Gasteiger charge is -2.24. The number of carbonyl (C=O) groups is 10. The van der Waals surface area contributed by atoms with Crippen molar-refractivity contribution in [1.29, 1.82) is 0 Å². The summed E-state index contributed by atoms with van der Waals surface area (Å²) in [5, 5.41) is 34.8. The molecule has 2 aromatic heterocycles. The number of halogens is 3. The lowest BCUT2D eigenvalue weighted by Crippen LogP contribution is -2.57. The number of hydrogen-bond donors (Lipinski definition) is 12. The van der Waals surface area contributed by atoms with Crippen molar-refractivity contribution in [2.24, 2.45) is 0 Å². The molecule has 26 nitrogen and oxygen atoms in total. The van der Waals surface area contributed by atoms with E-state index in [0.717, 1.165) is 30.5 Å². The number of nitrogens with one attached hydrogen (secondary N) is 8. The molecule has 0 saturated heterocycles. The van der Waals surface area contributed by atoms with Crippen LogP contribution in [0.1, 0.15) is 63.5 Å². The van der Waals surface area contributed by atoms with Gasteiger partial charge in [0.05, 0.1) is 18.4 Å². The lowest BCUT2D eigenvalue weighted by atomic mass is 10.1. The Kier molecular flexibility index (Phi) is 19.4. The first-order valence-corrected chi connectivity index (χ1v) is 20.9. The minimum atomic E-state index is -5.38. The number of fused-ring (bicyclic) bond motifs is 1. The van der Waals surface area contributed by atoms with Crippen molar-refractivity contribution < 1.29 is 71.3 Å². The van der Waals surface area contributed by atoms with Crippen molar-refractivity contribution in [3.8, 4) is 0 Å². The van der Waals surface area contributed by atoms with Gasteiger partial charge in [0.1, 0.15) is 42.3 Å². The Labute approximate surface area is 393 Å². The number of carboxylic acid groups (broad SMARTS) is 2. The maximum atomic E-state index is 13.6. The summed E-state index contributed by atoms with van der Waals surface area (Å²) in [5.74, 6) is -11.8. The van der Waals surface area contributed by atoms with Crippen molar-refractivity contribution in [2.75, 3.05) is 16.4 Å². The zero-order valence-electron chi connectivity index (χ0n) is 37.1. The Balaban J connectivity index is 1.51. The van der Waals surface area contributed by atoms with Gasteiger partial charge in [0, 0.05) is 23.4 Å². The lowest BCUT2D eigenvalue weighted by molar-refractivity contribution is -0.170. The summed E-state index contributed by atoms with van der Waals surface area (Å²) in [6.07, 6.45) is -5.47. The summed E-state index contributed by atoms with van der Waals surface area (Å²) in [6, 6.07) is -5.33. The first-order chi connectivity index (χ1) is 32.1. The van der Waals surface area contributed by atoms with Crippen LogP contribution in [0.3, 0.4) is 0 Å². The van der Waals surface area contributed by atoms with Crippen molar-refractivity contribution in [2.45, 2.75) is 102 Å². The number of anilines is 2. The summed E-state index contributed by atoms with van der Waals surface area (Å²) < 4.78 is 40.9. The van der Waals surface area contributed by atoms with Crippen molar-refractivity contribution in [3.63, 3.8) is 0 Å². The van der Waals surface area contributed by atoms with Crippen LogP contribution in [0.4, 0.5) is 24.8 Å². The number of amides is 8. The van der Waals surface area contributed by atoms with E-state index >= 15 is 0 Å². The Bertz CT molecular complexity index is 2530. The molecule has 0 saturated carbocycles. The molecule has 12 N–H and O–H groups in total. The number of rotatable bonds is 22. The summed E-state index contributed by atoms with van der Waals surface area (Å²) in [4.78, 5) is 151. The third kappa shape index (κ3) is 16.1. The highest BCUT2D eigenvalue weighted by Crippen LogP contribution is 2.26. The molecule has 0 aliphatic rings. The minimum Gasteiger partial charge on any atom is -0.480 e. The van der Waals surface area contributed by atoms with Crippen LogP contribution >= 0.6 is 12.6 Å². The molecule has 2 heterocycles. The Morgan fingerprint density at radius 3 is 1.62 bits per heavy atom. The number of hydrogen-bond acceptors (Lipinski definition) is 16. The van der Waals surface area contributed by atoms with E-state index in [1.807, 2.05) is 0 Å². The fraction of sp³-hybridized carbons (Fsp3) is 0.436. The van der Waals surface area contributed by atoms with Crippen LogP contribution < -0.4 is 53.4 Å².